The molecule has 2 aliphatic rings. The highest BCUT2D eigenvalue weighted by Gasteiger charge is 2.18. The Morgan fingerprint density at radius 3 is 2.69 bits per heavy atom. The van der Waals surface area contributed by atoms with Gasteiger partial charge >= 0.3 is 0 Å². The summed E-state index contributed by atoms with van der Waals surface area (Å²) in [5, 5.41) is 8.76. The standard InChI is InChI=1S/C32H29FN6/c33-24-8-6-22(7-9-24)26-18-35-19-30-25(26)16-29(36-30)32-31-28(38-39-32)11-10-27(37-31)23-12-13-34-17-21(15-23)14-20-4-2-1-3-5-20/h6-12,15-20,36H,1-5,13-14H2,(H,38,39). The largest absolute Gasteiger partial charge is 0.352 e. The molecule has 1 fully saturated rings. The minimum absolute atomic E-state index is 0.259. The third kappa shape index (κ3) is 4.69. The molecule has 5 heterocycles. The Bertz CT molecular complexity index is 1750. The molecule has 7 rings (SSSR count). The van der Waals surface area contributed by atoms with Crippen molar-refractivity contribution < 1.29 is 4.39 Å². The summed E-state index contributed by atoms with van der Waals surface area (Å²) >= 11 is 0. The first-order valence-corrected chi connectivity index (χ1v) is 13.7. The lowest BCUT2D eigenvalue weighted by Crippen LogP contribution is -2.07. The van der Waals surface area contributed by atoms with Crippen molar-refractivity contribution in [2.75, 3.05) is 6.54 Å². The molecule has 1 saturated carbocycles. The molecule has 1 aliphatic carbocycles. The van der Waals surface area contributed by atoms with E-state index in [4.69, 9.17) is 4.98 Å². The van der Waals surface area contributed by atoms with Gasteiger partial charge in [0.05, 0.1) is 35.2 Å². The van der Waals surface area contributed by atoms with E-state index in [0.29, 0.717) is 6.54 Å². The van der Waals surface area contributed by atoms with Gasteiger partial charge in [0.1, 0.15) is 17.0 Å². The second-order valence-electron chi connectivity index (χ2n) is 10.6. The van der Waals surface area contributed by atoms with Gasteiger partial charge < -0.3 is 4.98 Å². The maximum Gasteiger partial charge on any atom is 0.135 e. The number of allylic oxidation sites excluding steroid dienone is 3. The molecule has 0 radical (unpaired) electrons. The van der Waals surface area contributed by atoms with Crippen molar-refractivity contribution in [1.29, 1.82) is 0 Å². The molecule has 39 heavy (non-hydrogen) atoms. The van der Waals surface area contributed by atoms with E-state index in [2.05, 4.69) is 55.7 Å². The number of halogens is 1. The average molecular weight is 517 g/mol. The molecular formula is C32H29FN6. The first-order valence-electron chi connectivity index (χ1n) is 13.7. The number of aromatic nitrogens is 5. The van der Waals surface area contributed by atoms with Gasteiger partial charge in [-0.25, -0.2) is 9.37 Å². The molecule has 194 valence electrons. The van der Waals surface area contributed by atoms with Gasteiger partial charge in [-0.3, -0.25) is 15.1 Å². The molecule has 2 N–H and O–H groups in total. The number of fused-ring (bicyclic) bond motifs is 2. The summed E-state index contributed by atoms with van der Waals surface area (Å²) in [5.41, 5.74) is 9.33. The van der Waals surface area contributed by atoms with Gasteiger partial charge in [-0.2, -0.15) is 5.10 Å². The number of aromatic amines is 2. The lowest BCUT2D eigenvalue weighted by Gasteiger charge is -2.21. The van der Waals surface area contributed by atoms with Gasteiger partial charge in [0, 0.05) is 23.4 Å². The summed E-state index contributed by atoms with van der Waals surface area (Å²) in [6.07, 6.45) is 17.8. The lowest BCUT2D eigenvalue weighted by molar-refractivity contribution is 0.359. The third-order valence-corrected chi connectivity index (χ3v) is 7.92. The number of aliphatic imine (C=N–C) groups is 1. The van der Waals surface area contributed by atoms with Crippen LogP contribution in [-0.4, -0.2) is 37.9 Å². The van der Waals surface area contributed by atoms with Crippen LogP contribution in [0.1, 0.15) is 44.2 Å². The molecule has 0 atom stereocenters. The SMILES string of the molecule is Fc1ccc(-c2cncc3[nH]c(-c4n[nH]c5ccc(C6=CCN=CC(CC7CCCCC7)=C6)nc45)cc23)cc1. The molecule has 0 amide bonds. The number of hydrogen-bond acceptors (Lipinski definition) is 4. The van der Waals surface area contributed by atoms with Gasteiger partial charge in [-0.1, -0.05) is 50.3 Å². The quantitative estimate of drug-likeness (QED) is 0.251. The number of nitrogens with zero attached hydrogens (tertiary/aromatic N) is 4. The zero-order valence-corrected chi connectivity index (χ0v) is 21.6. The normalized spacial score (nSPS) is 16.4. The van der Waals surface area contributed by atoms with Gasteiger partial charge in [0.2, 0.25) is 0 Å². The van der Waals surface area contributed by atoms with Crippen LogP contribution in [0.2, 0.25) is 0 Å². The van der Waals surface area contributed by atoms with Crippen LogP contribution in [0.5, 0.6) is 0 Å². The molecule has 1 aromatic carbocycles. The Kier molecular flexibility index (Phi) is 6.11. The number of nitrogens with one attached hydrogen (secondary N) is 2. The Labute approximate surface area is 225 Å². The number of pyridine rings is 2. The molecule has 1 aliphatic heterocycles. The molecular weight excluding hydrogens is 487 g/mol. The molecule has 0 bridgehead atoms. The van der Waals surface area contributed by atoms with Crippen LogP contribution in [0, 0.1) is 11.7 Å². The van der Waals surface area contributed by atoms with E-state index in [-0.39, 0.29) is 5.82 Å². The number of hydrogen-bond donors (Lipinski definition) is 2. The first-order chi connectivity index (χ1) is 19.2. The van der Waals surface area contributed by atoms with Gasteiger partial charge in [-0.05, 0) is 65.5 Å². The fourth-order valence-corrected chi connectivity index (χ4v) is 5.92. The highest BCUT2D eigenvalue weighted by molar-refractivity contribution is 6.00. The van der Waals surface area contributed by atoms with E-state index < -0.39 is 0 Å². The summed E-state index contributed by atoms with van der Waals surface area (Å²) in [6.45, 7) is 0.652. The molecule has 4 aromatic heterocycles. The maximum absolute atomic E-state index is 13.5. The second kappa shape index (κ2) is 10.1. The van der Waals surface area contributed by atoms with E-state index in [9.17, 15) is 4.39 Å². The summed E-state index contributed by atoms with van der Waals surface area (Å²) in [7, 11) is 0. The smallest absolute Gasteiger partial charge is 0.135 e. The fourth-order valence-electron chi connectivity index (χ4n) is 5.92. The Morgan fingerprint density at radius 1 is 0.949 bits per heavy atom. The van der Waals surface area contributed by atoms with Crippen LogP contribution in [0.15, 0.2) is 77.6 Å². The highest BCUT2D eigenvalue weighted by Crippen LogP contribution is 2.34. The zero-order chi connectivity index (χ0) is 26.2. The van der Waals surface area contributed by atoms with E-state index in [1.807, 2.05) is 12.3 Å². The van der Waals surface area contributed by atoms with Crippen LogP contribution in [0.4, 0.5) is 4.39 Å². The van der Waals surface area contributed by atoms with E-state index in [1.165, 1.54) is 49.8 Å². The maximum atomic E-state index is 13.5. The summed E-state index contributed by atoms with van der Waals surface area (Å²) in [6, 6.07) is 12.7. The first kappa shape index (κ1) is 23.7. The van der Waals surface area contributed by atoms with Crippen molar-refractivity contribution in [1.82, 2.24) is 25.1 Å². The van der Waals surface area contributed by atoms with Crippen LogP contribution in [-0.2, 0) is 0 Å². The topological polar surface area (TPSA) is 82.6 Å². The Balaban J connectivity index is 1.25. The lowest BCUT2D eigenvalue weighted by atomic mass is 9.84. The van der Waals surface area contributed by atoms with Crippen molar-refractivity contribution in [3.63, 3.8) is 0 Å². The van der Waals surface area contributed by atoms with Crippen LogP contribution in [0.3, 0.4) is 0 Å². The van der Waals surface area contributed by atoms with Gasteiger partial charge in [-0.15, -0.1) is 0 Å². The van der Waals surface area contributed by atoms with Gasteiger partial charge in [0.25, 0.3) is 0 Å². The van der Waals surface area contributed by atoms with Crippen molar-refractivity contribution in [3.05, 3.63) is 84.1 Å². The minimum atomic E-state index is -0.259. The van der Waals surface area contributed by atoms with Crippen LogP contribution < -0.4 is 0 Å². The van der Waals surface area contributed by atoms with Crippen molar-refractivity contribution >= 4 is 33.7 Å². The third-order valence-electron chi connectivity index (χ3n) is 7.92. The summed E-state index contributed by atoms with van der Waals surface area (Å²) in [4.78, 5) is 17.6. The predicted octanol–water partition coefficient (Wildman–Crippen LogP) is 7.67. The molecule has 7 heteroatoms. The zero-order valence-electron chi connectivity index (χ0n) is 21.6. The fraction of sp³-hybridized carbons (Fsp3) is 0.250. The van der Waals surface area contributed by atoms with E-state index in [0.717, 1.165) is 68.1 Å². The molecule has 0 saturated heterocycles. The van der Waals surface area contributed by atoms with Crippen molar-refractivity contribution in [2.45, 2.75) is 38.5 Å². The molecule has 0 unspecified atom stereocenters. The summed E-state index contributed by atoms with van der Waals surface area (Å²) in [5.74, 6) is 0.493. The predicted molar refractivity (Wildman–Crippen MR) is 155 cm³/mol. The number of rotatable bonds is 5. The number of H-pyrrole nitrogens is 2. The van der Waals surface area contributed by atoms with Crippen LogP contribution in [0.25, 0.3) is 50.0 Å². The molecule has 5 aromatic rings. The Morgan fingerprint density at radius 2 is 1.82 bits per heavy atom. The average Bonchev–Trinajstić information content (AvgIpc) is 3.52. The minimum Gasteiger partial charge on any atom is -0.352 e. The van der Waals surface area contributed by atoms with Crippen LogP contribution >= 0.6 is 0 Å². The number of benzene rings is 1. The van der Waals surface area contributed by atoms with Crippen molar-refractivity contribution in [3.8, 4) is 22.5 Å². The summed E-state index contributed by atoms with van der Waals surface area (Å²) < 4.78 is 13.5. The van der Waals surface area contributed by atoms with E-state index >= 15 is 0 Å². The monoisotopic (exact) mass is 516 g/mol. The van der Waals surface area contributed by atoms with E-state index in [1.54, 1.807) is 18.3 Å². The Hall–Kier alpha value is -4.39. The van der Waals surface area contributed by atoms with Crippen molar-refractivity contribution in [2.24, 2.45) is 10.9 Å². The highest BCUT2D eigenvalue weighted by atomic mass is 19.1. The molecule has 0 spiro atoms. The molecule has 6 nitrogen and oxygen atoms in total. The second-order valence-corrected chi connectivity index (χ2v) is 10.6. The van der Waals surface area contributed by atoms with Gasteiger partial charge in [0.15, 0.2) is 0 Å².